The highest BCUT2D eigenvalue weighted by atomic mass is 19.1. The Hall–Kier alpha value is -2.96. The van der Waals surface area contributed by atoms with Gasteiger partial charge in [0.05, 0.1) is 5.56 Å². The van der Waals surface area contributed by atoms with Crippen molar-refractivity contribution in [2.24, 2.45) is 5.92 Å². The summed E-state index contributed by atoms with van der Waals surface area (Å²) >= 11 is 0. The van der Waals surface area contributed by atoms with Crippen molar-refractivity contribution < 1.29 is 18.4 Å². The van der Waals surface area contributed by atoms with Crippen LogP contribution in [0.2, 0.25) is 0 Å². The van der Waals surface area contributed by atoms with Gasteiger partial charge in [-0.1, -0.05) is 0 Å². The van der Waals surface area contributed by atoms with Crippen LogP contribution in [0.1, 0.15) is 28.8 Å². The van der Waals surface area contributed by atoms with Gasteiger partial charge in [-0.25, -0.2) is 8.78 Å². The predicted molar refractivity (Wildman–Crippen MR) is 109 cm³/mol. The Morgan fingerprint density at radius 3 is 2.34 bits per heavy atom. The molecule has 7 heteroatoms. The minimum Gasteiger partial charge on any atom is -0.377 e. The number of piperidine rings is 1. The number of aryl methyl sites for hydroxylation is 1. The third-order valence-corrected chi connectivity index (χ3v) is 5.26. The highest BCUT2D eigenvalue weighted by Gasteiger charge is 2.29. The molecule has 5 nitrogen and oxygen atoms in total. The van der Waals surface area contributed by atoms with E-state index < -0.39 is 17.5 Å². The Bertz CT molecular complexity index is 922. The number of nitrogens with one attached hydrogen (secondary N) is 1. The Kier molecular flexibility index (Phi) is 6.15. The van der Waals surface area contributed by atoms with Gasteiger partial charge in [0, 0.05) is 50.5 Å². The number of anilines is 2. The van der Waals surface area contributed by atoms with E-state index >= 15 is 0 Å². The van der Waals surface area contributed by atoms with Crippen LogP contribution in [0.4, 0.5) is 20.2 Å². The topological polar surface area (TPSA) is 52.7 Å². The summed E-state index contributed by atoms with van der Waals surface area (Å²) in [6.45, 7) is 2.70. The van der Waals surface area contributed by atoms with Crippen LogP contribution in [0, 0.1) is 24.5 Å². The first-order chi connectivity index (χ1) is 13.8. The normalized spacial score (nSPS) is 14.6. The van der Waals surface area contributed by atoms with Crippen molar-refractivity contribution in [3.05, 3.63) is 59.2 Å². The number of benzene rings is 2. The van der Waals surface area contributed by atoms with Gasteiger partial charge < -0.3 is 15.1 Å². The fraction of sp³-hybridized carbons (Fsp3) is 0.364. The molecule has 29 heavy (non-hydrogen) atoms. The van der Waals surface area contributed by atoms with Crippen molar-refractivity contribution in [1.82, 2.24) is 4.90 Å². The van der Waals surface area contributed by atoms with Crippen LogP contribution in [-0.2, 0) is 4.79 Å². The quantitative estimate of drug-likeness (QED) is 0.847. The number of carbonyl (C=O) groups excluding carboxylic acids is 2. The molecule has 3 rings (SSSR count). The number of amides is 2. The molecule has 1 N–H and O–H groups in total. The van der Waals surface area contributed by atoms with E-state index in [0.717, 1.165) is 29.1 Å². The van der Waals surface area contributed by atoms with E-state index in [2.05, 4.69) is 5.32 Å². The number of carbonyl (C=O) groups is 2. The van der Waals surface area contributed by atoms with Gasteiger partial charge in [-0.3, -0.25) is 9.59 Å². The smallest absolute Gasteiger partial charge is 0.256 e. The van der Waals surface area contributed by atoms with Gasteiger partial charge in [0.15, 0.2) is 0 Å². The molecule has 1 aliphatic heterocycles. The maximum absolute atomic E-state index is 13.9. The number of likely N-dealkylation sites (tertiary alicyclic amines) is 1. The van der Waals surface area contributed by atoms with Gasteiger partial charge in [-0.15, -0.1) is 0 Å². The first kappa shape index (κ1) is 20.8. The second kappa shape index (κ2) is 8.59. The molecular formula is C22H25F2N3O2. The lowest BCUT2D eigenvalue weighted by Crippen LogP contribution is -2.41. The predicted octanol–water partition coefficient (Wildman–Crippen LogP) is 3.83. The van der Waals surface area contributed by atoms with Crippen LogP contribution >= 0.6 is 0 Å². The van der Waals surface area contributed by atoms with Crippen LogP contribution in [0.3, 0.4) is 0 Å². The zero-order chi connectivity index (χ0) is 21.1. The molecule has 0 aliphatic carbocycles. The van der Waals surface area contributed by atoms with E-state index in [0.29, 0.717) is 32.0 Å². The maximum Gasteiger partial charge on any atom is 0.256 e. The number of hydrogen-bond donors (Lipinski definition) is 1. The molecule has 2 aromatic rings. The summed E-state index contributed by atoms with van der Waals surface area (Å²) < 4.78 is 26.9. The molecule has 0 bridgehead atoms. The first-order valence-corrected chi connectivity index (χ1v) is 9.59. The van der Waals surface area contributed by atoms with Crippen molar-refractivity contribution in [1.29, 1.82) is 0 Å². The molecule has 154 valence electrons. The molecule has 2 amide bonds. The van der Waals surface area contributed by atoms with Gasteiger partial charge in [-0.2, -0.15) is 0 Å². The SMILES string of the molecule is Cc1cc(NC(=O)C2CCN(C(=O)c3ccc(F)cc3F)CC2)ccc1N(C)C. The summed E-state index contributed by atoms with van der Waals surface area (Å²) in [5.74, 6) is -2.36. The number of halogens is 2. The Morgan fingerprint density at radius 2 is 1.76 bits per heavy atom. The van der Waals surface area contributed by atoms with E-state index in [1.54, 1.807) is 0 Å². The molecule has 1 fully saturated rings. The van der Waals surface area contributed by atoms with E-state index in [-0.39, 0.29) is 17.4 Å². The Morgan fingerprint density at radius 1 is 1.07 bits per heavy atom. The Balaban J connectivity index is 1.58. The number of hydrogen-bond acceptors (Lipinski definition) is 3. The minimum absolute atomic E-state index is 0.0814. The summed E-state index contributed by atoms with van der Waals surface area (Å²) in [6, 6.07) is 8.70. The monoisotopic (exact) mass is 401 g/mol. The zero-order valence-corrected chi connectivity index (χ0v) is 16.8. The fourth-order valence-electron chi connectivity index (χ4n) is 3.66. The van der Waals surface area contributed by atoms with E-state index in [9.17, 15) is 18.4 Å². The van der Waals surface area contributed by atoms with Gasteiger partial charge in [0.1, 0.15) is 11.6 Å². The number of rotatable bonds is 4. The zero-order valence-electron chi connectivity index (χ0n) is 16.8. The van der Waals surface area contributed by atoms with Crippen molar-refractivity contribution in [2.45, 2.75) is 19.8 Å². The highest BCUT2D eigenvalue weighted by molar-refractivity contribution is 5.95. The van der Waals surface area contributed by atoms with Crippen molar-refractivity contribution >= 4 is 23.2 Å². The van der Waals surface area contributed by atoms with Gasteiger partial charge >= 0.3 is 0 Å². The van der Waals surface area contributed by atoms with Crippen molar-refractivity contribution in [2.75, 3.05) is 37.4 Å². The first-order valence-electron chi connectivity index (χ1n) is 9.59. The molecule has 1 saturated heterocycles. The molecule has 2 aromatic carbocycles. The molecule has 0 aromatic heterocycles. The van der Waals surface area contributed by atoms with Crippen molar-refractivity contribution in [3.8, 4) is 0 Å². The summed E-state index contributed by atoms with van der Waals surface area (Å²) in [5, 5.41) is 2.95. The molecule has 0 saturated carbocycles. The minimum atomic E-state index is -0.869. The van der Waals surface area contributed by atoms with Gasteiger partial charge in [0.2, 0.25) is 5.91 Å². The summed E-state index contributed by atoms with van der Waals surface area (Å²) in [4.78, 5) is 28.6. The third kappa shape index (κ3) is 4.72. The molecule has 0 unspecified atom stereocenters. The molecule has 1 aliphatic rings. The lowest BCUT2D eigenvalue weighted by Gasteiger charge is -2.31. The van der Waals surface area contributed by atoms with Crippen LogP contribution in [0.15, 0.2) is 36.4 Å². The van der Waals surface area contributed by atoms with E-state index in [1.165, 1.54) is 4.90 Å². The maximum atomic E-state index is 13.9. The van der Waals surface area contributed by atoms with E-state index in [4.69, 9.17) is 0 Å². The lowest BCUT2D eigenvalue weighted by atomic mass is 9.95. The summed E-state index contributed by atoms with van der Waals surface area (Å²) in [6.07, 6.45) is 0.990. The van der Waals surface area contributed by atoms with Crippen LogP contribution in [0.5, 0.6) is 0 Å². The van der Waals surface area contributed by atoms with Crippen LogP contribution in [-0.4, -0.2) is 43.9 Å². The van der Waals surface area contributed by atoms with Crippen molar-refractivity contribution in [3.63, 3.8) is 0 Å². The van der Waals surface area contributed by atoms with Crippen LogP contribution in [0.25, 0.3) is 0 Å². The van der Waals surface area contributed by atoms with E-state index in [1.807, 2.05) is 44.1 Å². The summed E-state index contributed by atoms with van der Waals surface area (Å²) in [5.41, 5.74) is 2.74. The lowest BCUT2D eigenvalue weighted by molar-refractivity contribution is -0.121. The van der Waals surface area contributed by atoms with Crippen LogP contribution < -0.4 is 10.2 Å². The average molecular weight is 401 g/mol. The molecule has 0 radical (unpaired) electrons. The number of nitrogens with zero attached hydrogens (tertiary/aromatic N) is 2. The molecular weight excluding hydrogens is 376 g/mol. The molecule has 1 heterocycles. The second-order valence-corrected chi connectivity index (χ2v) is 7.58. The fourth-order valence-corrected chi connectivity index (χ4v) is 3.66. The second-order valence-electron chi connectivity index (χ2n) is 7.58. The molecule has 0 spiro atoms. The highest BCUT2D eigenvalue weighted by Crippen LogP contribution is 2.25. The standard InChI is InChI=1S/C22H25F2N3O2/c1-14-12-17(5-7-20(14)26(2)3)25-21(28)15-8-10-27(11-9-15)22(29)18-6-4-16(23)13-19(18)24/h4-7,12-13,15H,8-11H2,1-3H3,(H,25,28). The Labute approximate surface area is 169 Å². The average Bonchev–Trinajstić information content (AvgIpc) is 2.67. The largest absolute Gasteiger partial charge is 0.377 e. The van der Waals surface area contributed by atoms with Gasteiger partial charge in [0.25, 0.3) is 5.91 Å². The molecule has 0 atom stereocenters. The summed E-state index contributed by atoms with van der Waals surface area (Å²) in [7, 11) is 3.93. The third-order valence-electron chi connectivity index (χ3n) is 5.26. The van der Waals surface area contributed by atoms with Gasteiger partial charge in [-0.05, 0) is 55.7 Å².